The molecule has 1 heterocycles. The molecule has 0 saturated heterocycles. The van der Waals surface area contributed by atoms with Gasteiger partial charge in [0, 0.05) is 22.4 Å². The largest absolute Gasteiger partial charge is 0.497 e. The highest BCUT2D eigenvalue weighted by atomic mass is 32.2. The lowest BCUT2D eigenvalue weighted by molar-refractivity contribution is 0.0734. The van der Waals surface area contributed by atoms with E-state index in [4.69, 9.17) is 9.47 Å². The van der Waals surface area contributed by atoms with E-state index in [9.17, 15) is 4.79 Å². The zero-order valence-corrected chi connectivity index (χ0v) is 12.0. The fourth-order valence-corrected chi connectivity index (χ4v) is 2.46. The lowest BCUT2D eigenvalue weighted by Crippen LogP contribution is -2.09. The van der Waals surface area contributed by atoms with E-state index in [1.807, 2.05) is 6.07 Å². The van der Waals surface area contributed by atoms with Gasteiger partial charge in [-0.15, -0.1) is 0 Å². The first kappa shape index (κ1) is 13.5. The Labute approximate surface area is 126 Å². The van der Waals surface area contributed by atoms with Gasteiger partial charge >= 0.3 is 5.97 Å². The number of carbonyl (C=O) groups excluding carboxylic acids is 1. The van der Waals surface area contributed by atoms with Crippen LogP contribution in [0.1, 0.15) is 15.9 Å². The SMILES string of the molecule is COc1ccc(C(=O)Oc2ccc3c(c2)SNN=C3)cc1. The molecule has 1 aliphatic heterocycles. The molecule has 0 aromatic heterocycles. The summed E-state index contributed by atoms with van der Waals surface area (Å²) < 4.78 is 10.4. The Morgan fingerprint density at radius 2 is 1.90 bits per heavy atom. The maximum Gasteiger partial charge on any atom is 0.343 e. The molecule has 0 bridgehead atoms. The summed E-state index contributed by atoms with van der Waals surface area (Å²) >= 11 is 1.37. The number of hydrazone groups is 1. The lowest BCUT2D eigenvalue weighted by Gasteiger charge is -2.11. The van der Waals surface area contributed by atoms with Gasteiger partial charge in [-0.25, -0.2) is 9.63 Å². The molecular formula is C15H12N2O3S. The van der Waals surface area contributed by atoms with E-state index in [1.165, 1.54) is 11.9 Å². The molecule has 0 aliphatic carbocycles. The van der Waals surface area contributed by atoms with Crippen LogP contribution in [0.5, 0.6) is 11.5 Å². The van der Waals surface area contributed by atoms with Gasteiger partial charge in [-0.05, 0) is 42.5 Å². The maximum absolute atomic E-state index is 12.1. The highest BCUT2D eigenvalue weighted by molar-refractivity contribution is 7.97. The molecule has 1 aliphatic rings. The molecule has 0 amide bonds. The van der Waals surface area contributed by atoms with Crippen molar-refractivity contribution in [3.63, 3.8) is 0 Å². The van der Waals surface area contributed by atoms with Crippen molar-refractivity contribution in [1.82, 2.24) is 4.83 Å². The molecule has 21 heavy (non-hydrogen) atoms. The zero-order valence-electron chi connectivity index (χ0n) is 11.2. The van der Waals surface area contributed by atoms with Crippen LogP contribution in [0.4, 0.5) is 0 Å². The fraction of sp³-hybridized carbons (Fsp3) is 0.0667. The second kappa shape index (κ2) is 5.88. The number of carbonyl (C=O) groups is 1. The monoisotopic (exact) mass is 300 g/mol. The standard InChI is InChI=1S/C15H12N2O3S/c1-19-12-5-2-10(3-6-12)15(18)20-13-7-4-11-9-16-17-21-14(11)8-13/h2-9,17H,1H3. The van der Waals surface area contributed by atoms with E-state index in [2.05, 4.69) is 9.93 Å². The van der Waals surface area contributed by atoms with E-state index in [1.54, 1.807) is 49.7 Å². The topological polar surface area (TPSA) is 59.9 Å². The number of fused-ring (bicyclic) bond motifs is 1. The van der Waals surface area contributed by atoms with Gasteiger partial charge in [0.05, 0.1) is 18.9 Å². The third kappa shape index (κ3) is 3.00. The predicted octanol–water partition coefficient (Wildman–Crippen LogP) is 2.86. The summed E-state index contributed by atoms with van der Waals surface area (Å²) in [4.78, 5) is 15.8. The van der Waals surface area contributed by atoms with Crippen LogP contribution in [0.15, 0.2) is 52.5 Å². The van der Waals surface area contributed by atoms with E-state index in [-0.39, 0.29) is 0 Å². The number of methoxy groups -OCH3 is 1. The van der Waals surface area contributed by atoms with Crippen LogP contribution >= 0.6 is 11.9 Å². The molecule has 0 fully saturated rings. The first-order valence-corrected chi connectivity index (χ1v) is 7.03. The summed E-state index contributed by atoms with van der Waals surface area (Å²) in [6.45, 7) is 0. The Morgan fingerprint density at radius 3 is 2.67 bits per heavy atom. The number of hydrogen-bond donors (Lipinski definition) is 1. The molecule has 2 aromatic rings. The normalized spacial score (nSPS) is 12.2. The molecule has 0 atom stereocenters. The van der Waals surface area contributed by atoms with Crippen molar-refractivity contribution < 1.29 is 14.3 Å². The maximum atomic E-state index is 12.1. The number of nitrogens with zero attached hydrogens (tertiary/aromatic N) is 1. The minimum atomic E-state index is -0.403. The third-order valence-corrected chi connectivity index (χ3v) is 3.70. The number of rotatable bonds is 3. The summed E-state index contributed by atoms with van der Waals surface area (Å²) in [5.41, 5.74) is 1.46. The number of nitrogens with one attached hydrogen (secondary N) is 1. The summed E-state index contributed by atoms with van der Waals surface area (Å²) in [7, 11) is 1.58. The summed E-state index contributed by atoms with van der Waals surface area (Å²) in [5, 5.41) is 3.94. The highest BCUT2D eigenvalue weighted by Gasteiger charge is 2.12. The molecule has 0 spiro atoms. The van der Waals surface area contributed by atoms with Crippen LogP contribution in [0.25, 0.3) is 0 Å². The number of esters is 1. The minimum absolute atomic E-state index is 0.403. The van der Waals surface area contributed by atoms with Gasteiger partial charge in [0.1, 0.15) is 11.5 Å². The first-order chi connectivity index (χ1) is 10.3. The molecule has 0 radical (unpaired) electrons. The van der Waals surface area contributed by atoms with Gasteiger partial charge in [-0.3, -0.25) is 0 Å². The van der Waals surface area contributed by atoms with Crippen LogP contribution in [0.3, 0.4) is 0 Å². The summed E-state index contributed by atoms with van der Waals surface area (Å²) in [6, 6.07) is 12.2. The molecule has 106 valence electrons. The Balaban J connectivity index is 1.76. The lowest BCUT2D eigenvalue weighted by atomic mass is 10.2. The van der Waals surface area contributed by atoms with Crippen LogP contribution < -0.4 is 14.3 Å². The Hall–Kier alpha value is -2.47. The van der Waals surface area contributed by atoms with Crippen LogP contribution in [0.2, 0.25) is 0 Å². The molecular weight excluding hydrogens is 288 g/mol. The Morgan fingerprint density at radius 1 is 1.14 bits per heavy atom. The van der Waals surface area contributed by atoms with Crippen molar-refractivity contribution in [2.75, 3.05) is 7.11 Å². The van der Waals surface area contributed by atoms with Gasteiger partial charge in [-0.2, -0.15) is 5.10 Å². The van der Waals surface area contributed by atoms with Crippen LogP contribution in [-0.2, 0) is 0 Å². The summed E-state index contributed by atoms with van der Waals surface area (Å²) in [5.74, 6) is 0.793. The minimum Gasteiger partial charge on any atom is -0.497 e. The van der Waals surface area contributed by atoms with E-state index in [0.29, 0.717) is 17.1 Å². The Kier molecular flexibility index (Phi) is 3.79. The van der Waals surface area contributed by atoms with E-state index >= 15 is 0 Å². The third-order valence-electron chi connectivity index (χ3n) is 2.93. The van der Waals surface area contributed by atoms with Crippen molar-refractivity contribution in [1.29, 1.82) is 0 Å². The van der Waals surface area contributed by atoms with Gasteiger partial charge in [-0.1, -0.05) is 0 Å². The molecule has 1 N–H and O–H groups in total. The fourth-order valence-electron chi connectivity index (χ4n) is 1.84. The smallest absolute Gasteiger partial charge is 0.343 e. The molecule has 0 saturated carbocycles. The number of benzene rings is 2. The highest BCUT2D eigenvalue weighted by Crippen LogP contribution is 2.27. The average molecular weight is 300 g/mol. The predicted molar refractivity (Wildman–Crippen MR) is 81.0 cm³/mol. The van der Waals surface area contributed by atoms with Crippen molar-refractivity contribution >= 4 is 24.1 Å². The second-order valence-electron chi connectivity index (χ2n) is 4.27. The van der Waals surface area contributed by atoms with Gasteiger partial charge in [0.25, 0.3) is 0 Å². The number of hydrogen-bond acceptors (Lipinski definition) is 6. The van der Waals surface area contributed by atoms with Crippen LogP contribution in [-0.4, -0.2) is 19.3 Å². The zero-order chi connectivity index (χ0) is 14.7. The van der Waals surface area contributed by atoms with Gasteiger partial charge in [0.2, 0.25) is 0 Å². The molecule has 3 rings (SSSR count). The quantitative estimate of drug-likeness (QED) is 0.536. The van der Waals surface area contributed by atoms with Crippen molar-refractivity contribution in [2.45, 2.75) is 4.90 Å². The number of ether oxygens (including phenoxy) is 2. The molecule has 2 aromatic carbocycles. The second-order valence-corrected chi connectivity index (χ2v) is 5.10. The molecule has 5 nitrogen and oxygen atoms in total. The average Bonchev–Trinajstić information content (AvgIpc) is 2.55. The van der Waals surface area contributed by atoms with Crippen molar-refractivity contribution in [3.05, 3.63) is 53.6 Å². The van der Waals surface area contributed by atoms with Gasteiger partial charge in [0.15, 0.2) is 0 Å². The van der Waals surface area contributed by atoms with Gasteiger partial charge < -0.3 is 9.47 Å². The molecule has 6 heteroatoms. The summed E-state index contributed by atoms with van der Waals surface area (Å²) in [6.07, 6.45) is 1.72. The van der Waals surface area contributed by atoms with Crippen molar-refractivity contribution in [3.8, 4) is 11.5 Å². The Bertz CT molecular complexity index is 699. The van der Waals surface area contributed by atoms with E-state index in [0.717, 1.165) is 10.5 Å². The first-order valence-electron chi connectivity index (χ1n) is 6.21. The van der Waals surface area contributed by atoms with Crippen molar-refractivity contribution in [2.24, 2.45) is 5.10 Å². The molecule has 0 unspecified atom stereocenters. The van der Waals surface area contributed by atoms with E-state index < -0.39 is 5.97 Å². The van der Waals surface area contributed by atoms with Crippen LogP contribution in [0, 0.1) is 0 Å².